The molecule has 1 unspecified atom stereocenters. The molecule has 0 saturated carbocycles. The number of hydrogen-bond donors (Lipinski definition) is 4. The van der Waals surface area contributed by atoms with Crippen LogP contribution in [0.25, 0.3) is 55.7 Å². The van der Waals surface area contributed by atoms with Crippen LogP contribution in [-0.4, -0.2) is 73.6 Å². The SMILES string of the molecule is CC(C)CC(O)Nc1cncc(-c2cc3c(-c4cc5c(-c6cc(F)cc(OCCN(C)C)c6)nccc5[nH]4)n[nH]c3cn2)c1. The monoisotopic (exact) mass is 594 g/mol. The number of anilines is 1. The van der Waals surface area contributed by atoms with E-state index in [1.807, 2.05) is 49.3 Å². The largest absolute Gasteiger partial charge is 0.492 e. The lowest BCUT2D eigenvalue weighted by atomic mass is 10.1. The Morgan fingerprint density at radius 1 is 0.955 bits per heavy atom. The van der Waals surface area contributed by atoms with Gasteiger partial charge in [0.25, 0.3) is 0 Å². The van der Waals surface area contributed by atoms with Crippen molar-refractivity contribution >= 4 is 27.5 Å². The summed E-state index contributed by atoms with van der Waals surface area (Å²) in [7, 11) is 3.92. The molecule has 0 aliphatic heterocycles. The van der Waals surface area contributed by atoms with Crippen molar-refractivity contribution in [3.8, 4) is 39.7 Å². The molecule has 0 aliphatic rings. The van der Waals surface area contributed by atoms with E-state index in [9.17, 15) is 9.50 Å². The average Bonchev–Trinajstić information content (AvgIpc) is 3.60. The number of halogens is 1. The van der Waals surface area contributed by atoms with Gasteiger partial charge in [-0.05, 0) is 62.8 Å². The summed E-state index contributed by atoms with van der Waals surface area (Å²) >= 11 is 0. The lowest BCUT2D eigenvalue weighted by molar-refractivity contribution is 0.176. The van der Waals surface area contributed by atoms with Gasteiger partial charge in [-0.15, -0.1) is 0 Å². The first-order valence-corrected chi connectivity index (χ1v) is 14.5. The molecule has 0 radical (unpaired) electrons. The molecular formula is C33H35FN8O2. The van der Waals surface area contributed by atoms with Crippen LogP contribution in [-0.2, 0) is 0 Å². The molecule has 11 heteroatoms. The summed E-state index contributed by atoms with van der Waals surface area (Å²) in [6, 6.07) is 12.4. The van der Waals surface area contributed by atoms with Crippen molar-refractivity contribution in [3.05, 3.63) is 73.1 Å². The zero-order valence-electron chi connectivity index (χ0n) is 25.1. The third kappa shape index (κ3) is 6.38. The van der Waals surface area contributed by atoms with Crippen LogP contribution in [0.1, 0.15) is 20.3 Å². The molecular weight excluding hydrogens is 559 g/mol. The number of aromatic nitrogens is 6. The highest BCUT2D eigenvalue weighted by molar-refractivity contribution is 6.00. The first-order valence-electron chi connectivity index (χ1n) is 14.5. The van der Waals surface area contributed by atoms with Crippen LogP contribution in [0, 0.1) is 11.7 Å². The Morgan fingerprint density at radius 2 is 1.80 bits per heavy atom. The molecule has 0 aliphatic carbocycles. The van der Waals surface area contributed by atoms with Crippen LogP contribution in [0.3, 0.4) is 0 Å². The van der Waals surface area contributed by atoms with Crippen LogP contribution < -0.4 is 10.1 Å². The van der Waals surface area contributed by atoms with Gasteiger partial charge >= 0.3 is 0 Å². The fourth-order valence-corrected chi connectivity index (χ4v) is 5.18. The maximum atomic E-state index is 14.7. The molecule has 1 aromatic carbocycles. The number of nitrogens with one attached hydrogen (secondary N) is 3. The van der Waals surface area contributed by atoms with Crippen molar-refractivity contribution in [1.82, 2.24) is 35.0 Å². The quantitative estimate of drug-likeness (QED) is 0.133. The van der Waals surface area contributed by atoms with Gasteiger partial charge in [-0.25, -0.2) is 4.39 Å². The van der Waals surface area contributed by atoms with Crippen molar-refractivity contribution < 1.29 is 14.2 Å². The Kier molecular flexibility index (Phi) is 8.23. The molecule has 4 N–H and O–H groups in total. The average molecular weight is 595 g/mol. The van der Waals surface area contributed by atoms with Gasteiger partial charge in [0.05, 0.1) is 40.7 Å². The van der Waals surface area contributed by atoms with E-state index in [1.54, 1.807) is 24.8 Å². The Hall–Kier alpha value is -4.87. The minimum Gasteiger partial charge on any atom is -0.492 e. The van der Waals surface area contributed by atoms with Gasteiger partial charge in [-0.2, -0.15) is 5.10 Å². The first-order chi connectivity index (χ1) is 21.2. The van der Waals surface area contributed by atoms with Gasteiger partial charge in [0.15, 0.2) is 0 Å². The Bertz CT molecular complexity index is 1920. The summed E-state index contributed by atoms with van der Waals surface area (Å²) in [5.41, 5.74) is 6.61. The standard InChI is InChI=1S/C33H35FN8O2/c1-19(2)9-31(43)38-23-11-21(16-35-17-23)28-14-26-30(18-37-28)40-41-33(26)29-15-25-27(39-29)5-6-36-32(25)20-10-22(34)13-24(12-20)44-8-7-42(3)4/h5-6,10-19,31,38-39,43H,7-9H2,1-4H3,(H,40,41). The maximum absolute atomic E-state index is 14.7. The fraction of sp³-hybridized carbons (Fsp3) is 0.273. The van der Waals surface area contributed by atoms with E-state index in [0.29, 0.717) is 47.3 Å². The number of fused-ring (bicyclic) bond motifs is 2. The van der Waals surface area contributed by atoms with Gasteiger partial charge in [0.1, 0.15) is 30.1 Å². The molecule has 0 bridgehead atoms. The van der Waals surface area contributed by atoms with Crippen molar-refractivity contribution in [1.29, 1.82) is 0 Å². The second-order valence-electron chi connectivity index (χ2n) is 11.6. The maximum Gasteiger partial charge on any atom is 0.127 e. The smallest absolute Gasteiger partial charge is 0.127 e. The zero-order valence-corrected chi connectivity index (χ0v) is 25.1. The number of benzene rings is 1. The summed E-state index contributed by atoms with van der Waals surface area (Å²) in [6.07, 6.45) is 6.83. The lowest BCUT2D eigenvalue weighted by Gasteiger charge is -2.16. The number of hydrogen-bond acceptors (Lipinski definition) is 8. The Labute approximate surface area is 254 Å². The summed E-state index contributed by atoms with van der Waals surface area (Å²) in [6.45, 7) is 5.29. The van der Waals surface area contributed by atoms with E-state index in [2.05, 4.69) is 49.3 Å². The number of pyridine rings is 3. The third-order valence-corrected chi connectivity index (χ3v) is 7.26. The summed E-state index contributed by atoms with van der Waals surface area (Å²) in [4.78, 5) is 19.1. The molecule has 226 valence electrons. The highest BCUT2D eigenvalue weighted by Gasteiger charge is 2.17. The highest BCUT2D eigenvalue weighted by Crippen LogP contribution is 2.35. The number of aliphatic hydroxyl groups excluding tert-OH is 1. The summed E-state index contributed by atoms with van der Waals surface area (Å²) in [5, 5.41) is 22.8. The van der Waals surface area contributed by atoms with Gasteiger partial charge in [-0.3, -0.25) is 20.1 Å². The molecule has 0 amide bonds. The molecule has 0 saturated heterocycles. The van der Waals surface area contributed by atoms with Crippen LogP contribution in [0.15, 0.2) is 67.3 Å². The van der Waals surface area contributed by atoms with Crippen LogP contribution in [0.4, 0.5) is 10.1 Å². The van der Waals surface area contributed by atoms with E-state index in [4.69, 9.17) is 4.74 Å². The zero-order chi connectivity index (χ0) is 30.8. The molecule has 0 spiro atoms. The van der Waals surface area contributed by atoms with E-state index < -0.39 is 12.0 Å². The summed E-state index contributed by atoms with van der Waals surface area (Å²) in [5.74, 6) is 0.420. The number of likely N-dealkylation sites (N-methyl/N-ethyl adjacent to an activating group) is 1. The number of nitrogens with zero attached hydrogens (tertiary/aromatic N) is 5. The lowest BCUT2D eigenvalue weighted by Crippen LogP contribution is -2.20. The molecule has 6 rings (SSSR count). The molecule has 10 nitrogen and oxygen atoms in total. The molecule has 5 heterocycles. The second-order valence-corrected chi connectivity index (χ2v) is 11.6. The van der Waals surface area contributed by atoms with E-state index >= 15 is 0 Å². The number of H-pyrrole nitrogens is 2. The van der Waals surface area contributed by atoms with E-state index in [0.717, 1.165) is 45.3 Å². The van der Waals surface area contributed by atoms with Gasteiger partial charge in [0.2, 0.25) is 0 Å². The predicted molar refractivity (Wildman–Crippen MR) is 171 cm³/mol. The molecule has 5 aromatic heterocycles. The minimum absolute atomic E-state index is 0.354. The van der Waals surface area contributed by atoms with Crippen molar-refractivity contribution in [2.75, 3.05) is 32.6 Å². The minimum atomic E-state index is -0.668. The third-order valence-electron chi connectivity index (χ3n) is 7.26. The molecule has 0 fully saturated rings. The van der Waals surface area contributed by atoms with Crippen LogP contribution in [0.5, 0.6) is 5.75 Å². The summed E-state index contributed by atoms with van der Waals surface area (Å²) < 4.78 is 20.5. The van der Waals surface area contributed by atoms with Crippen LogP contribution in [0.2, 0.25) is 0 Å². The number of aliphatic hydroxyl groups is 1. The first kappa shape index (κ1) is 29.2. The van der Waals surface area contributed by atoms with E-state index in [-0.39, 0.29) is 0 Å². The second kappa shape index (κ2) is 12.4. The van der Waals surface area contributed by atoms with Crippen LogP contribution >= 0.6 is 0 Å². The number of aromatic amines is 2. The van der Waals surface area contributed by atoms with Gasteiger partial charge < -0.3 is 25.0 Å². The highest BCUT2D eigenvalue weighted by atomic mass is 19.1. The molecule has 1 atom stereocenters. The molecule has 44 heavy (non-hydrogen) atoms. The van der Waals surface area contributed by atoms with Gasteiger partial charge in [-0.1, -0.05) is 13.8 Å². The predicted octanol–water partition coefficient (Wildman–Crippen LogP) is 6.09. The topological polar surface area (TPSA) is 128 Å². The molecule has 6 aromatic rings. The number of rotatable bonds is 11. The van der Waals surface area contributed by atoms with Crippen molar-refractivity contribution in [2.45, 2.75) is 26.5 Å². The Balaban J connectivity index is 1.33. The number of ether oxygens (including phenoxy) is 1. The fourth-order valence-electron chi connectivity index (χ4n) is 5.18. The Morgan fingerprint density at radius 3 is 2.61 bits per heavy atom. The normalized spacial score (nSPS) is 12.5. The van der Waals surface area contributed by atoms with Gasteiger partial charge in [0, 0.05) is 52.4 Å². The van der Waals surface area contributed by atoms with Crippen molar-refractivity contribution in [3.63, 3.8) is 0 Å². The van der Waals surface area contributed by atoms with E-state index in [1.165, 1.54) is 12.1 Å². The van der Waals surface area contributed by atoms with Crippen molar-refractivity contribution in [2.24, 2.45) is 5.92 Å².